The minimum Gasteiger partial charge on any atom is -0.497 e. The van der Waals surface area contributed by atoms with Crippen LogP contribution in [0, 0.1) is 0 Å². The molecular weight excluding hydrogens is 398 g/mol. The summed E-state index contributed by atoms with van der Waals surface area (Å²) in [7, 11) is 3.09. The zero-order valence-electron chi connectivity index (χ0n) is 16.4. The summed E-state index contributed by atoms with van der Waals surface area (Å²) in [5.41, 5.74) is 1.02. The molecule has 0 aliphatic heterocycles. The van der Waals surface area contributed by atoms with Crippen LogP contribution in [-0.2, 0) is 10.5 Å². The molecule has 0 aliphatic carbocycles. The average Bonchev–Trinajstić information content (AvgIpc) is 2.67. The number of hydrogen-bond acceptors (Lipinski definition) is 7. The van der Waals surface area contributed by atoms with Gasteiger partial charge in [0.15, 0.2) is 5.16 Å². The molecule has 0 aliphatic rings. The van der Waals surface area contributed by atoms with Crippen LogP contribution in [0.15, 0.2) is 34.2 Å². The number of carbonyl (C=O) groups is 1. The van der Waals surface area contributed by atoms with Crippen molar-refractivity contribution in [2.24, 2.45) is 0 Å². The number of hydrogen-bond donors (Lipinski definition) is 2. The third-order valence-corrected chi connectivity index (χ3v) is 5.87. The number of aromatic nitrogens is 2. The largest absolute Gasteiger partial charge is 0.497 e. The van der Waals surface area contributed by atoms with Crippen LogP contribution in [0.1, 0.15) is 26.0 Å². The number of nitrogens with one attached hydrogen (secondary N) is 2. The van der Waals surface area contributed by atoms with Crippen molar-refractivity contribution in [1.82, 2.24) is 9.97 Å². The number of aromatic amines is 1. The molecule has 1 amide bonds. The zero-order chi connectivity index (χ0) is 20.5. The Bertz CT molecular complexity index is 857. The molecule has 1 aromatic carbocycles. The highest BCUT2D eigenvalue weighted by molar-refractivity contribution is 8.00. The smallest absolute Gasteiger partial charge is 0.251 e. The van der Waals surface area contributed by atoms with Crippen molar-refractivity contribution >= 4 is 35.1 Å². The van der Waals surface area contributed by atoms with Crippen molar-refractivity contribution in [2.45, 2.75) is 36.4 Å². The summed E-state index contributed by atoms with van der Waals surface area (Å²) in [5.74, 6) is 2.60. The summed E-state index contributed by atoms with van der Waals surface area (Å²) >= 11 is 2.93. The molecule has 1 aromatic heterocycles. The van der Waals surface area contributed by atoms with Gasteiger partial charge in [-0.2, -0.15) is 11.8 Å². The second-order valence-corrected chi connectivity index (χ2v) is 8.34. The fourth-order valence-electron chi connectivity index (χ4n) is 2.30. The molecule has 9 heteroatoms. The molecule has 0 saturated heterocycles. The van der Waals surface area contributed by atoms with Gasteiger partial charge in [-0.1, -0.05) is 18.7 Å². The maximum atomic E-state index is 12.6. The quantitative estimate of drug-likeness (QED) is 0.343. The minimum absolute atomic E-state index is 0.216. The van der Waals surface area contributed by atoms with E-state index in [1.807, 2.05) is 0 Å². The van der Waals surface area contributed by atoms with E-state index in [1.165, 1.54) is 24.9 Å². The topological polar surface area (TPSA) is 93.3 Å². The number of ether oxygens (including phenoxy) is 2. The second-order valence-electron chi connectivity index (χ2n) is 5.91. The van der Waals surface area contributed by atoms with Crippen LogP contribution in [0.3, 0.4) is 0 Å². The molecule has 7 nitrogen and oxygen atoms in total. The van der Waals surface area contributed by atoms with Gasteiger partial charge in [-0.05, 0) is 31.2 Å². The first-order chi connectivity index (χ1) is 13.5. The van der Waals surface area contributed by atoms with Crippen molar-refractivity contribution in [2.75, 3.05) is 25.3 Å². The van der Waals surface area contributed by atoms with Gasteiger partial charge in [0.2, 0.25) is 5.91 Å². The van der Waals surface area contributed by atoms with Crippen LogP contribution < -0.4 is 20.3 Å². The highest BCUT2D eigenvalue weighted by Gasteiger charge is 2.18. The number of benzene rings is 1. The van der Waals surface area contributed by atoms with Gasteiger partial charge in [-0.3, -0.25) is 9.59 Å². The Kier molecular flexibility index (Phi) is 8.72. The third kappa shape index (κ3) is 6.49. The van der Waals surface area contributed by atoms with Crippen molar-refractivity contribution in [3.8, 4) is 11.5 Å². The summed E-state index contributed by atoms with van der Waals surface area (Å²) in [6.45, 7) is 3.86. The molecule has 0 saturated carbocycles. The standard InChI is InChI=1S/C19H25N3O4S2/c1-5-8-27-11-13-9-17(23)22-19(20-13)28-12(2)18(24)21-15-10-14(25-3)6-7-16(15)26-4/h6-7,9-10,12H,5,8,11H2,1-4H3,(H,21,24)(H,20,22,23). The first-order valence-corrected chi connectivity index (χ1v) is 10.9. The molecule has 0 spiro atoms. The van der Waals surface area contributed by atoms with Crippen LogP contribution in [0.5, 0.6) is 11.5 Å². The predicted molar refractivity (Wildman–Crippen MR) is 115 cm³/mol. The zero-order valence-corrected chi connectivity index (χ0v) is 18.0. The van der Waals surface area contributed by atoms with Crippen molar-refractivity contribution in [3.63, 3.8) is 0 Å². The lowest BCUT2D eigenvalue weighted by molar-refractivity contribution is -0.115. The Morgan fingerprint density at radius 1 is 1.29 bits per heavy atom. The highest BCUT2D eigenvalue weighted by Crippen LogP contribution is 2.30. The molecule has 0 fully saturated rings. The fourth-order valence-corrected chi connectivity index (χ4v) is 3.92. The maximum absolute atomic E-state index is 12.6. The number of nitrogens with zero attached hydrogens (tertiary/aromatic N) is 1. The third-order valence-electron chi connectivity index (χ3n) is 3.69. The van der Waals surface area contributed by atoms with Crippen molar-refractivity contribution in [1.29, 1.82) is 0 Å². The molecule has 0 bridgehead atoms. The van der Waals surface area contributed by atoms with Gasteiger partial charge in [0.05, 0.1) is 30.9 Å². The van der Waals surface area contributed by atoms with E-state index >= 15 is 0 Å². The molecular formula is C19H25N3O4S2. The Morgan fingerprint density at radius 2 is 2.07 bits per heavy atom. The Hall–Kier alpha value is -2.13. The van der Waals surface area contributed by atoms with E-state index in [0.29, 0.717) is 33.8 Å². The monoisotopic (exact) mass is 423 g/mol. The summed E-state index contributed by atoms with van der Waals surface area (Å²) in [6.07, 6.45) is 1.07. The summed E-state index contributed by atoms with van der Waals surface area (Å²) in [4.78, 5) is 31.7. The highest BCUT2D eigenvalue weighted by atomic mass is 32.2. The van der Waals surface area contributed by atoms with E-state index in [9.17, 15) is 9.59 Å². The van der Waals surface area contributed by atoms with Gasteiger partial charge < -0.3 is 19.8 Å². The van der Waals surface area contributed by atoms with Gasteiger partial charge in [0.1, 0.15) is 11.5 Å². The van der Waals surface area contributed by atoms with Crippen LogP contribution in [-0.4, -0.2) is 41.1 Å². The summed E-state index contributed by atoms with van der Waals surface area (Å²) in [6, 6.07) is 6.67. The molecule has 1 unspecified atom stereocenters. The van der Waals surface area contributed by atoms with Crippen molar-refractivity contribution in [3.05, 3.63) is 40.3 Å². The molecule has 28 heavy (non-hydrogen) atoms. The number of rotatable bonds is 10. The molecule has 152 valence electrons. The number of thioether (sulfide) groups is 2. The Labute approximate surface area is 173 Å². The number of carbonyl (C=O) groups excluding carboxylic acids is 1. The van der Waals surface area contributed by atoms with Crippen molar-refractivity contribution < 1.29 is 14.3 Å². The lowest BCUT2D eigenvalue weighted by atomic mass is 10.2. The van der Waals surface area contributed by atoms with E-state index in [1.54, 1.807) is 44.0 Å². The fraction of sp³-hybridized carbons (Fsp3) is 0.421. The molecule has 2 aromatic rings. The Balaban J connectivity index is 2.07. The van der Waals surface area contributed by atoms with Gasteiger partial charge in [-0.15, -0.1) is 0 Å². The normalized spacial score (nSPS) is 11.7. The number of amides is 1. The van der Waals surface area contributed by atoms with E-state index < -0.39 is 5.25 Å². The molecule has 1 heterocycles. The SMILES string of the molecule is CCCSCc1cc(=O)[nH]c(SC(C)C(=O)Nc2cc(OC)ccc2OC)n1. The minimum atomic E-state index is -0.474. The van der Waals surface area contributed by atoms with E-state index in [2.05, 4.69) is 22.2 Å². The lowest BCUT2D eigenvalue weighted by Gasteiger charge is -2.15. The van der Waals surface area contributed by atoms with Gasteiger partial charge >= 0.3 is 0 Å². The van der Waals surface area contributed by atoms with Crippen LogP contribution >= 0.6 is 23.5 Å². The Morgan fingerprint density at radius 3 is 2.75 bits per heavy atom. The van der Waals surface area contributed by atoms with E-state index in [0.717, 1.165) is 12.2 Å². The summed E-state index contributed by atoms with van der Waals surface area (Å²) < 4.78 is 10.5. The molecule has 2 N–H and O–H groups in total. The average molecular weight is 424 g/mol. The van der Waals surface area contributed by atoms with Crippen LogP contribution in [0.25, 0.3) is 0 Å². The molecule has 2 rings (SSSR count). The molecule has 1 atom stereocenters. The number of H-pyrrole nitrogens is 1. The first kappa shape index (κ1) is 22.2. The maximum Gasteiger partial charge on any atom is 0.251 e. The van der Waals surface area contributed by atoms with Gasteiger partial charge in [-0.25, -0.2) is 4.98 Å². The van der Waals surface area contributed by atoms with E-state index in [4.69, 9.17) is 9.47 Å². The molecule has 0 radical (unpaired) electrons. The lowest BCUT2D eigenvalue weighted by Crippen LogP contribution is -2.23. The summed E-state index contributed by atoms with van der Waals surface area (Å²) in [5, 5.41) is 2.79. The number of anilines is 1. The first-order valence-electron chi connectivity index (χ1n) is 8.84. The predicted octanol–water partition coefficient (Wildman–Crippen LogP) is 3.55. The second kappa shape index (κ2) is 11.0. The van der Waals surface area contributed by atoms with Crippen LogP contribution in [0.4, 0.5) is 5.69 Å². The van der Waals surface area contributed by atoms with E-state index in [-0.39, 0.29) is 11.5 Å². The van der Waals surface area contributed by atoms with Crippen LogP contribution in [0.2, 0.25) is 0 Å². The van der Waals surface area contributed by atoms with Gasteiger partial charge in [0.25, 0.3) is 5.56 Å². The van der Waals surface area contributed by atoms with Gasteiger partial charge in [0, 0.05) is 17.9 Å². The number of methoxy groups -OCH3 is 2.